The lowest BCUT2D eigenvalue weighted by Gasteiger charge is -2.09. The van der Waals surface area contributed by atoms with Gasteiger partial charge in [-0.25, -0.2) is 4.98 Å². The number of nitrogens with two attached hydrogens (primary N) is 1. The molecule has 3 N–H and O–H groups in total. The predicted octanol–water partition coefficient (Wildman–Crippen LogP) is 1.32. The second-order valence-corrected chi connectivity index (χ2v) is 4.78. The van der Waals surface area contributed by atoms with Crippen molar-refractivity contribution in [3.05, 3.63) is 27.9 Å². The molecule has 0 aromatic carbocycles. The maximum absolute atomic E-state index is 11.9. The van der Waals surface area contributed by atoms with Gasteiger partial charge in [-0.05, 0) is 25.7 Å². The van der Waals surface area contributed by atoms with Crippen LogP contribution in [0.4, 0.5) is 0 Å². The van der Waals surface area contributed by atoms with Crippen LogP contribution in [0.5, 0.6) is 0 Å². The van der Waals surface area contributed by atoms with Crippen molar-refractivity contribution in [3.63, 3.8) is 0 Å². The highest BCUT2D eigenvalue weighted by Gasteiger charge is 2.20. The topological polar surface area (TPSA) is 71.8 Å². The molecule has 0 radical (unpaired) electrons. The molecule has 1 aliphatic rings. The summed E-state index contributed by atoms with van der Waals surface area (Å²) in [6, 6.07) is 0.0282. The highest BCUT2D eigenvalue weighted by atomic mass is 16.1. The molecule has 4 nitrogen and oxygen atoms in total. The number of nitrogens with zero attached hydrogens (tertiary/aromatic N) is 1. The van der Waals surface area contributed by atoms with Gasteiger partial charge in [0.25, 0.3) is 5.56 Å². The van der Waals surface area contributed by atoms with Crippen LogP contribution in [0.15, 0.2) is 11.0 Å². The summed E-state index contributed by atoms with van der Waals surface area (Å²) in [5.41, 5.74) is 6.55. The molecule has 1 aromatic rings. The highest BCUT2D eigenvalue weighted by Crippen LogP contribution is 2.31. The number of hydrogen-bond acceptors (Lipinski definition) is 3. The molecule has 4 heteroatoms. The normalized spacial score (nSPS) is 18.9. The summed E-state index contributed by atoms with van der Waals surface area (Å²) < 4.78 is 0. The first kappa shape index (κ1) is 11.3. The van der Waals surface area contributed by atoms with Crippen molar-refractivity contribution < 1.29 is 0 Å². The Balaban J connectivity index is 2.19. The zero-order valence-corrected chi connectivity index (χ0v) is 9.70. The van der Waals surface area contributed by atoms with Crippen LogP contribution in [0.3, 0.4) is 0 Å². The van der Waals surface area contributed by atoms with E-state index in [-0.39, 0.29) is 11.6 Å². The Morgan fingerprint density at radius 2 is 2.25 bits per heavy atom. The second-order valence-electron chi connectivity index (χ2n) is 4.78. The zero-order chi connectivity index (χ0) is 11.5. The Labute approximate surface area is 95.3 Å². The maximum atomic E-state index is 11.9. The number of rotatable bonds is 3. The van der Waals surface area contributed by atoms with Crippen molar-refractivity contribution in [3.8, 4) is 0 Å². The van der Waals surface area contributed by atoms with E-state index in [2.05, 4.69) is 9.97 Å². The quantitative estimate of drug-likeness (QED) is 0.808. The molecule has 1 heterocycles. The molecule has 1 unspecified atom stereocenters. The van der Waals surface area contributed by atoms with Crippen LogP contribution in [-0.2, 0) is 6.42 Å². The van der Waals surface area contributed by atoms with Gasteiger partial charge in [0, 0.05) is 24.2 Å². The number of aromatic nitrogens is 2. The summed E-state index contributed by atoms with van der Waals surface area (Å²) in [4.78, 5) is 19.0. The fourth-order valence-corrected chi connectivity index (χ4v) is 2.38. The van der Waals surface area contributed by atoms with Crippen molar-refractivity contribution in [1.82, 2.24) is 9.97 Å². The Hall–Kier alpha value is -1.16. The summed E-state index contributed by atoms with van der Waals surface area (Å²) >= 11 is 0. The Kier molecular flexibility index (Phi) is 3.39. The van der Waals surface area contributed by atoms with E-state index in [0.717, 1.165) is 18.4 Å². The van der Waals surface area contributed by atoms with Crippen LogP contribution in [0.1, 0.15) is 49.9 Å². The van der Waals surface area contributed by atoms with E-state index >= 15 is 0 Å². The maximum Gasteiger partial charge on any atom is 0.254 e. The predicted molar refractivity (Wildman–Crippen MR) is 63.4 cm³/mol. The molecule has 1 fully saturated rings. The summed E-state index contributed by atoms with van der Waals surface area (Å²) in [5, 5.41) is 0. The summed E-state index contributed by atoms with van der Waals surface area (Å²) in [6.07, 6.45) is 7.07. The third-order valence-electron chi connectivity index (χ3n) is 3.19. The van der Waals surface area contributed by atoms with Gasteiger partial charge in [0.1, 0.15) is 5.82 Å². The van der Waals surface area contributed by atoms with Crippen LogP contribution in [0.2, 0.25) is 0 Å². The summed E-state index contributed by atoms with van der Waals surface area (Å²) in [5.74, 6) is 1.11. The third kappa shape index (κ3) is 2.50. The smallest absolute Gasteiger partial charge is 0.254 e. The Bertz CT molecular complexity index is 405. The molecule has 1 atom stereocenters. The van der Waals surface area contributed by atoms with E-state index in [1.165, 1.54) is 12.8 Å². The Morgan fingerprint density at radius 3 is 2.81 bits per heavy atom. The van der Waals surface area contributed by atoms with Crippen LogP contribution < -0.4 is 11.3 Å². The van der Waals surface area contributed by atoms with Gasteiger partial charge in [-0.3, -0.25) is 4.79 Å². The third-order valence-corrected chi connectivity index (χ3v) is 3.19. The molecule has 0 spiro atoms. The number of hydrogen-bond donors (Lipinski definition) is 2. The SMILES string of the molecule is CC(N)Cc1ncc(C2CCCC2)c(=O)[nH]1. The lowest BCUT2D eigenvalue weighted by atomic mass is 10.0. The molecule has 2 rings (SSSR count). The molecule has 1 saturated carbocycles. The molecule has 1 aromatic heterocycles. The Morgan fingerprint density at radius 1 is 1.56 bits per heavy atom. The average molecular weight is 221 g/mol. The number of aromatic amines is 1. The van der Waals surface area contributed by atoms with Crippen LogP contribution in [0.25, 0.3) is 0 Å². The molecular weight excluding hydrogens is 202 g/mol. The zero-order valence-electron chi connectivity index (χ0n) is 9.70. The monoisotopic (exact) mass is 221 g/mol. The van der Waals surface area contributed by atoms with Crippen molar-refractivity contribution in [2.75, 3.05) is 0 Å². The molecule has 0 amide bonds. The van der Waals surface area contributed by atoms with Crippen LogP contribution in [-0.4, -0.2) is 16.0 Å². The van der Waals surface area contributed by atoms with Crippen LogP contribution >= 0.6 is 0 Å². The van der Waals surface area contributed by atoms with E-state index in [9.17, 15) is 4.79 Å². The minimum Gasteiger partial charge on any atom is -0.328 e. The summed E-state index contributed by atoms with van der Waals surface area (Å²) in [7, 11) is 0. The lowest BCUT2D eigenvalue weighted by Crippen LogP contribution is -2.24. The van der Waals surface area contributed by atoms with Crippen LogP contribution in [0, 0.1) is 0 Å². The van der Waals surface area contributed by atoms with Gasteiger partial charge in [-0.1, -0.05) is 12.8 Å². The standard InChI is InChI=1S/C12H19N3O/c1-8(13)6-11-14-7-10(12(16)15-11)9-4-2-3-5-9/h7-9H,2-6,13H2,1H3,(H,14,15,16). The molecule has 88 valence electrons. The first-order valence-electron chi connectivity index (χ1n) is 6.00. The molecule has 16 heavy (non-hydrogen) atoms. The first-order valence-corrected chi connectivity index (χ1v) is 6.00. The lowest BCUT2D eigenvalue weighted by molar-refractivity contribution is 0.672. The van der Waals surface area contributed by atoms with E-state index < -0.39 is 0 Å². The molecule has 0 bridgehead atoms. The van der Waals surface area contributed by atoms with Gasteiger partial charge >= 0.3 is 0 Å². The first-order chi connectivity index (χ1) is 7.66. The fourth-order valence-electron chi connectivity index (χ4n) is 2.38. The van der Waals surface area contributed by atoms with Crippen molar-refractivity contribution in [2.24, 2.45) is 5.73 Å². The van der Waals surface area contributed by atoms with Gasteiger partial charge in [0.15, 0.2) is 0 Å². The summed E-state index contributed by atoms with van der Waals surface area (Å²) in [6.45, 7) is 1.91. The fraction of sp³-hybridized carbons (Fsp3) is 0.667. The van der Waals surface area contributed by atoms with Gasteiger partial charge < -0.3 is 10.7 Å². The number of nitrogens with one attached hydrogen (secondary N) is 1. The van der Waals surface area contributed by atoms with Gasteiger partial charge in [0.2, 0.25) is 0 Å². The minimum absolute atomic E-state index is 0.0255. The highest BCUT2D eigenvalue weighted by molar-refractivity contribution is 5.13. The van der Waals surface area contributed by atoms with E-state index in [4.69, 9.17) is 5.73 Å². The van der Waals surface area contributed by atoms with Crippen molar-refractivity contribution in [1.29, 1.82) is 0 Å². The molecular formula is C12H19N3O. The van der Waals surface area contributed by atoms with E-state index in [1.807, 2.05) is 6.92 Å². The molecule has 1 aliphatic carbocycles. The largest absolute Gasteiger partial charge is 0.328 e. The second kappa shape index (κ2) is 4.78. The van der Waals surface area contributed by atoms with E-state index in [1.54, 1.807) is 6.20 Å². The minimum atomic E-state index is 0.0255. The van der Waals surface area contributed by atoms with E-state index in [0.29, 0.717) is 18.2 Å². The van der Waals surface area contributed by atoms with Crippen molar-refractivity contribution >= 4 is 0 Å². The van der Waals surface area contributed by atoms with Gasteiger partial charge in [-0.15, -0.1) is 0 Å². The van der Waals surface area contributed by atoms with Gasteiger partial charge in [-0.2, -0.15) is 0 Å². The molecule has 0 aliphatic heterocycles. The average Bonchev–Trinajstić information content (AvgIpc) is 2.69. The van der Waals surface area contributed by atoms with Gasteiger partial charge in [0.05, 0.1) is 0 Å². The number of H-pyrrole nitrogens is 1. The van der Waals surface area contributed by atoms with Crippen molar-refractivity contribution in [2.45, 2.75) is 51.0 Å². The molecule has 0 saturated heterocycles.